The van der Waals surface area contributed by atoms with Crippen LogP contribution in [0.5, 0.6) is 0 Å². The zero-order chi connectivity index (χ0) is 16.1. The van der Waals surface area contributed by atoms with E-state index < -0.39 is 4.92 Å². The topological polar surface area (TPSA) is 63.5 Å². The summed E-state index contributed by atoms with van der Waals surface area (Å²) in [6, 6.07) is 13.8. The lowest BCUT2D eigenvalue weighted by Gasteiger charge is -2.17. The highest BCUT2D eigenvalue weighted by Gasteiger charge is 2.13. The number of nitrogens with zero attached hydrogens (tertiary/aromatic N) is 2. The SMILES string of the molecule is Cc1ccccc1SCC(=O)N(C)c1ccc([N+](=O)[O-])cc1. The highest BCUT2D eigenvalue weighted by Crippen LogP contribution is 2.23. The molecule has 2 aromatic carbocycles. The number of aryl methyl sites for hydroxylation is 1. The Labute approximate surface area is 133 Å². The number of non-ortho nitro benzene ring substituents is 1. The summed E-state index contributed by atoms with van der Waals surface area (Å²) in [6.07, 6.45) is 0. The molecule has 5 nitrogen and oxygen atoms in total. The summed E-state index contributed by atoms with van der Waals surface area (Å²) >= 11 is 1.49. The minimum absolute atomic E-state index is 0.0129. The van der Waals surface area contributed by atoms with Gasteiger partial charge < -0.3 is 4.90 Å². The maximum atomic E-state index is 12.2. The van der Waals surface area contributed by atoms with E-state index in [1.165, 1.54) is 28.8 Å². The molecule has 114 valence electrons. The summed E-state index contributed by atoms with van der Waals surface area (Å²) in [5.74, 6) is 0.264. The lowest BCUT2D eigenvalue weighted by molar-refractivity contribution is -0.384. The van der Waals surface area contributed by atoms with Gasteiger partial charge in [0.2, 0.25) is 5.91 Å². The van der Waals surface area contributed by atoms with Crippen LogP contribution in [0.25, 0.3) is 0 Å². The zero-order valence-electron chi connectivity index (χ0n) is 12.4. The Balaban J connectivity index is 2.00. The van der Waals surface area contributed by atoms with E-state index in [0.29, 0.717) is 11.4 Å². The number of hydrogen-bond donors (Lipinski definition) is 0. The molecule has 0 saturated heterocycles. The maximum Gasteiger partial charge on any atom is 0.269 e. The third-order valence-electron chi connectivity index (χ3n) is 3.27. The number of rotatable bonds is 5. The van der Waals surface area contributed by atoms with Crippen LogP contribution in [-0.4, -0.2) is 23.6 Å². The third-order valence-corrected chi connectivity index (χ3v) is 4.43. The summed E-state index contributed by atoms with van der Waals surface area (Å²) in [6.45, 7) is 2.01. The zero-order valence-corrected chi connectivity index (χ0v) is 13.2. The van der Waals surface area contributed by atoms with Crippen molar-refractivity contribution in [3.8, 4) is 0 Å². The van der Waals surface area contributed by atoms with Crippen molar-refractivity contribution in [1.82, 2.24) is 0 Å². The Morgan fingerprint density at radius 3 is 2.41 bits per heavy atom. The molecule has 6 heteroatoms. The molecule has 2 aromatic rings. The number of thioether (sulfide) groups is 1. The van der Waals surface area contributed by atoms with Gasteiger partial charge in [-0.15, -0.1) is 11.8 Å². The average molecular weight is 316 g/mol. The van der Waals surface area contributed by atoms with Gasteiger partial charge in [0.25, 0.3) is 5.69 Å². The Morgan fingerprint density at radius 2 is 1.82 bits per heavy atom. The first-order valence-electron chi connectivity index (χ1n) is 6.68. The molecule has 1 amide bonds. The molecule has 0 bridgehead atoms. The minimum atomic E-state index is -0.459. The van der Waals surface area contributed by atoms with Crippen LogP contribution >= 0.6 is 11.8 Å². The van der Waals surface area contributed by atoms with Gasteiger partial charge in [-0.3, -0.25) is 14.9 Å². The number of benzene rings is 2. The van der Waals surface area contributed by atoms with Gasteiger partial charge in [-0.25, -0.2) is 0 Å². The fourth-order valence-corrected chi connectivity index (χ4v) is 2.84. The van der Waals surface area contributed by atoms with Crippen molar-refractivity contribution in [3.63, 3.8) is 0 Å². The first kappa shape index (κ1) is 16.0. The molecule has 0 fully saturated rings. The van der Waals surface area contributed by atoms with E-state index in [2.05, 4.69) is 0 Å². The second-order valence-electron chi connectivity index (χ2n) is 4.78. The van der Waals surface area contributed by atoms with Crippen LogP contribution in [0.15, 0.2) is 53.4 Å². The van der Waals surface area contributed by atoms with Gasteiger partial charge in [-0.2, -0.15) is 0 Å². The molecule has 0 unspecified atom stereocenters. The summed E-state index contributed by atoms with van der Waals surface area (Å²) in [4.78, 5) is 25.0. The summed E-state index contributed by atoms with van der Waals surface area (Å²) < 4.78 is 0. The minimum Gasteiger partial charge on any atom is -0.315 e. The molecule has 0 radical (unpaired) electrons. The molecular weight excluding hydrogens is 300 g/mol. The number of hydrogen-bond acceptors (Lipinski definition) is 4. The predicted molar refractivity (Wildman–Crippen MR) is 88.4 cm³/mol. The van der Waals surface area contributed by atoms with Crippen LogP contribution in [-0.2, 0) is 4.79 Å². The first-order chi connectivity index (χ1) is 10.5. The second-order valence-corrected chi connectivity index (χ2v) is 5.80. The third kappa shape index (κ3) is 3.85. The van der Waals surface area contributed by atoms with Crippen molar-refractivity contribution in [2.45, 2.75) is 11.8 Å². The number of carbonyl (C=O) groups is 1. The fraction of sp³-hybridized carbons (Fsp3) is 0.188. The fourth-order valence-electron chi connectivity index (χ4n) is 1.90. The predicted octanol–water partition coefficient (Wildman–Crippen LogP) is 3.66. The molecule has 0 saturated carbocycles. The van der Waals surface area contributed by atoms with Crippen LogP contribution in [0.1, 0.15) is 5.56 Å². The molecule has 0 aliphatic rings. The highest BCUT2D eigenvalue weighted by molar-refractivity contribution is 8.00. The average Bonchev–Trinajstić information content (AvgIpc) is 2.53. The highest BCUT2D eigenvalue weighted by atomic mass is 32.2. The van der Waals surface area contributed by atoms with Crippen molar-refractivity contribution >= 4 is 29.0 Å². The van der Waals surface area contributed by atoms with Gasteiger partial charge in [-0.05, 0) is 30.7 Å². The van der Waals surface area contributed by atoms with Gasteiger partial charge in [-0.1, -0.05) is 18.2 Å². The van der Waals surface area contributed by atoms with E-state index in [1.54, 1.807) is 19.2 Å². The van der Waals surface area contributed by atoms with Crippen molar-refractivity contribution in [1.29, 1.82) is 0 Å². The van der Waals surface area contributed by atoms with Crippen molar-refractivity contribution < 1.29 is 9.72 Å². The Bertz CT molecular complexity index is 686. The number of amides is 1. The van der Waals surface area contributed by atoms with Crippen molar-refractivity contribution in [2.24, 2.45) is 0 Å². The lowest BCUT2D eigenvalue weighted by atomic mass is 10.2. The van der Waals surface area contributed by atoms with Crippen LogP contribution < -0.4 is 4.90 Å². The van der Waals surface area contributed by atoms with Gasteiger partial charge in [0, 0.05) is 29.8 Å². The largest absolute Gasteiger partial charge is 0.315 e. The van der Waals surface area contributed by atoms with E-state index in [1.807, 2.05) is 31.2 Å². The van der Waals surface area contributed by atoms with Crippen molar-refractivity contribution in [3.05, 3.63) is 64.2 Å². The van der Waals surface area contributed by atoms with E-state index in [4.69, 9.17) is 0 Å². The molecule has 0 heterocycles. The first-order valence-corrected chi connectivity index (χ1v) is 7.67. The molecule has 0 aliphatic heterocycles. The van der Waals surface area contributed by atoms with Gasteiger partial charge in [0.15, 0.2) is 0 Å². The lowest BCUT2D eigenvalue weighted by Crippen LogP contribution is -2.27. The van der Waals surface area contributed by atoms with E-state index in [-0.39, 0.29) is 11.6 Å². The Morgan fingerprint density at radius 1 is 1.18 bits per heavy atom. The Kier molecular flexibility index (Phi) is 5.16. The van der Waals surface area contributed by atoms with E-state index in [0.717, 1.165) is 10.5 Å². The van der Waals surface area contributed by atoms with Crippen LogP contribution in [0.2, 0.25) is 0 Å². The molecule has 0 aromatic heterocycles. The quantitative estimate of drug-likeness (QED) is 0.480. The van der Waals surface area contributed by atoms with Gasteiger partial charge in [0.05, 0.1) is 10.7 Å². The monoisotopic (exact) mass is 316 g/mol. The molecule has 0 spiro atoms. The van der Waals surface area contributed by atoms with Crippen LogP contribution in [0.3, 0.4) is 0 Å². The van der Waals surface area contributed by atoms with Crippen LogP contribution in [0.4, 0.5) is 11.4 Å². The van der Waals surface area contributed by atoms with E-state index in [9.17, 15) is 14.9 Å². The number of nitro groups is 1. The molecule has 2 rings (SSSR count). The van der Waals surface area contributed by atoms with E-state index >= 15 is 0 Å². The normalized spacial score (nSPS) is 10.3. The van der Waals surface area contributed by atoms with Crippen LogP contribution in [0, 0.1) is 17.0 Å². The molecule has 0 atom stereocenters. The smallest absolute Gasteiger partial charge is 0.269 e. The molecule has 0 N–H and O–H groups in total. The number of anilines is 1. The summed E-state index contributed by atoms with van der Waals surface area (Å²) in [5, 5.41) is 10.6. The molecule has 0 aliphatic carbocycles. The molecular formula is C16H16N2O3S. The van der Waals surface area contributed by atoms with Gasteiger partial charge >= 0.3 is 0 Å². The Hall–Kier alpha value is -2.34. The van der Waals surface area contributed by atoms with Gasteiger partial charge in [0.1, 0.15) is 0 Å². The number of nitro benzene ring substituents is 1. The standard InChI is InChI=1S/C16H16N2O3S/c1-12-5-3-4-6-15(12)22-11-16(19)17(2)13-7-9-14(10-8-13)18(20)21/h3-10H,11H2,1-2H3. The molecule has 22 heavy (non-hydrogen) atoms. The summed E-state index contributed by atoms with van der Waals surface area (Å²) in [5.41, 5.74) is 1.79. The summed E-state index contributed by atoms with van der Waals surface area (Å²) in [7, 11) is 1.67. The second kappa shape index (κ2) is 7.09. The van der Waals surface area contributed by atoms with Crippen molar-refractivity contribution in [2.75, 3.05) is 17.7 Å². The maximum absolute atomic E-state index is 12.2. The number of carbonyl (C=O) groups excluding carboxylic acids is 1.